The lowest BCUT2D eigenvalue weighted by atomic mass is 9.78. The van der Waals surface area contributed by atoms with E-state index < -0.39 is 29.7 Å². The number of carbonyl (C=O) groups is 1. The Morgan fingerprint density at radius 1 is 1.11 bits per heavy atom. The molecule has 186 valence electrons. The van der Waals surface area contributed by atoms with Crippen molar-refractivity contribution in [2.45, 2.75) is 76.5 Å². The Balaban J connectivity index is 1.62. The van der Waals surface area contributed by atoms with E-state index in [-0.39, 0.29) is 37.8 Å². The van der Waals surface area contributed by atoms with Crippen molar-refractivity contribution in [3.05, 3.63) is 71.0 Å². The Morgan fingerprint density at radius 3 is 2.54 bits per heavy atom. The molecule has 0 unspecified atom stereocenters. The van der Waals surface area contributed by atoms with E-state index in [1.807, 2.05) is 26.8 Å². The van der Waals surface area contributed by atoms with Crippen LogP contribution >= 0.6 is 0 Å². The standard InChI is InChI=1S/C27H31FN2O5/c1-4-30-25(31)27(33-17-19-10-6-5-9-18(19)15-29)13-22(24-23(14-27)34-26(2,3)35-24)32-16-20-11-7-8-12-21(20)28/h5-12,22-24H,4,13-14,16-17H2,1-3H3,(H,30,31)/t22-,23-,24+,27-/m1/s1. The topological polar surface area (TPSA) is 89.8 Å². The molecular weight excluding hydrogens is 451 g/mol. The van der Waals surface area contributed by atoms with Crippen LogP contribution in [0.2, 0.25) is 0 Å². The number of fused-ring (bicyclic) bond motifs is 1. The quantitative estimate of drug-likeness (QED) is 0.612. The van der Waals surface area contributed by atoms with Gasteiger partial charge in [-0.05, 0) is 38.5 Å². The van der Waals surface area contributed by atoms with Gasteiger partial charge in [0.15, 0.2) is 11.4 Å². The van der Waals surface area contributed by atoms with E-state index in [0.29, 0.717) is 23.2 Å². The highest BCUT2D eigenvalue weighted by Crippen LogP contribution is 2.44. The maximum absolute atomic E-state index is 14.2. The summed E-state index contributed by atoms with van der Waals surface area (Å²) in [5, 5.41) is 12.3. The SMILES string of the molecule is CCNC(=O)[C@@]1(OCc2ccccc2C#N)C[C@@H](OCc2ccccc2F)[C@@H]2OC(C)(C)O[C@@H]2C1. The fraction of sp³-hybridized carbons (Fsp3) is 0.481. The van der Waals surface area contributed by atoms with Crippen LogP contribution in [0, 0.1) is 17.1 Å². The first-order chi connectivity index (χ1) is 16.8. The number of rotatable bonds is 8. The second kappa shape index (κ2) is 10.4. The molecule has 4 atom stereocenters. The minimum Gasteiger partial charge on any atom is -0.370 e. The van der Waals surface area contributed by atoms with Crippen LogP contribution in [-0.2, 0) is 37.0 Å². The van der Waals surface area contributed by atoms with E-state index in [9.17, 15) is 14.4 Å². The first-order valence-corrected chi connectivity index (χ1v) is 11.9. The van der Waals surface area contributed by atoms with Gasteiger partial charge in [0, 0.05) is 24.9 Å². The van der Waals surface area contributed by atoms with Gasteiger partial charge in [0.05, 0.1) is 37.1 Å². The van der Waals surface area contributed by atoms with Crippen molar-refractivity contribution < 1.29 is 28.1 Å². The third-order valence-electron chi connectivity index (χ3n) is 6.45. The summed E-state index contributed by atoms with van der Waals surface area (Å²) in [4.78, 5) is 13.4. The number of nitrogens with one attached hydrogen (secondary N) is 1. The normalized spacial score (nSPS) is 27.1. The summed E-state index contributed by atoms with van der Waals surface area (Å²) in [7, 11) is 0. The third-order valence-corrected chi connectivity index (χ3v) is 6.45. The minimum atomic E-state index is -1.27. The average molecular weight is 483 g/mol. The minimum absolute atomic E-state index is 0.0209. The Kier molecular flexibility index (Phi) is 7.53. The largest absolute Gasteiger partial charge is 0.370 e. The average Bonchev–Trinajstić information content (AvgIpc) is 3.16. The number of likely N-dealkylation sites (N-methyl/N-ethyl adjacent to an activating group) is 1. The molecule has 2 aliphatic rings. The van der Waals surface area contributed by atoms with Gasteiger partial charge in [-0.3, -0.25) is 4.79 Å². The zero-order valence-electron chi connectivity index (χ0n) is 20.3. The van der Waals surface area contributed by atoms with E-state index in [4.69, 9.17) is 18.9 Å². The lowest BCUT2D eigenvalue weighted by Gasteiger charge is -2.43. The summed E-state index contributed by atoms with van der Waals surface area (Å²) in [6, 6.07) is 15.7. The first kappa shape index (κ1) is 25.3. The summed E-state index contributed by atoms with van der Waals surface area (Å²) in [5.74, 6) is -1.50. The number of hydrogen-bond donors (Lipinski definition) is 1. The first-order valence-electron chi connectivity index (χ1n) is 11.9. The number of nitriles is 1. The number of nitrogens with zero attached hydrogens (tertiary/aromatic N) is 1. The lowest BCUT2D eigenvalue weighted by Crippen LogP contribution is -2.60. The van der Waals surface area contributed by atoms with E-state index >= 15 is 0 Å². The molecule has 1 saturated heterocycles. The van der Waals surface area contributed by atoms with Crippen LogP contribution in [0.25, 0.3) is 0 Å². The molecule has 2 aromatic carbocycles. The lowest BCUT2D eigenvalue weighted by molar-refractivity contribution is -0.183. The number of amides is 1. The highest BCUT2D eigenvalue weighted by Gasteiger charge is 2.58. The molecule has 1 saturated carbocycles. The number of benzene rings is 2. The fourth-order valence-electron chi connectivity index (χ4n) is 4.81. The zero-order valence-corrected chi connectivity index (χ0v) is 20.3. The van der Waals surface area contributed by atoms with Crippen LogP contribution in [0.3, 0.4) is 0 Å². The van der Waals surface area contributed by atoms with Crippen LogP contribution in [0.4, 0.5) is 4.39 Å². The van der Waals surface area contributed by atoms with Crippen molar-refractivity contribution in [3.63, 3.8) is 0 Å². The summed E-state index contributed by atoms with van der Waals surface area (Å²) in [6.45, 7) is 5.99. The highest BCUT2D eigenvalue weighted by molar-refractivity contribution is 5.85. The van der Waals surface area contributed by atoms with Crippen molar-refractivity contribution >= 4 is 5.91 Å². The summed E-state index contributed by atoms with van der Waals surface area (Å²) in [6.07, 6.45) is -1.01. The third kappa shape index (κ3) is 5.54. The van der Waals surface area contributed by atoms with E-state index in [2.05, 4.69) is 11.4 Å². The van der Waals surface area contributed by atoms with Gasteiger partial charge in [0.2, 0.25) is 0 Å². The van der Waals surface area contributed by atoms with Crippen LogP contribution in [0.15, 0.2) is 48.5 Å². The van der Waals surface area contributed by atoms with Crippen molar-refractivity contribution in [2.24, 2.45) is 0 Å². The van der Waals surface area contributed by atoms with Gasteiger partial charge in [0.25, 0.3) is 5.91 Å². The number of ether oxygens (including phenoxy) is 4. The molecule has 1 aliphatic heterocycles. The second-order valence-corrected chi connectivity index (χ2v) is 9.40. The Morgan fingerprint density at radius 2 is 1.83 bits per heavy atom. The van der Waals surface area contributed by atoms with Crippen molar-refractivity contribution in [2.75, 3.05) is 6.54 Å². The molecule has 7 nitrogen and oxygen atoms in total. The summed E-state index contributed by atoms with van der Waals surface area (Å²) in [5.41, 5.74) is 0.318. The van der Waals surface area contributed by atoms with Gasteiger partial charge in [-0.2, -0.15) is 5.26 Å². The monoisotopic (exact) mass is 482 g/mol. The zero-order chi connectivity index (χ0) is 25.1. The van der Waals surface area contributed by atoms with Crippen LogP contribution < -0.4 is 5.32 Å². The van der Waals surface area contributed by atoms with Crippen LogP contribution in [-0.4, -0.2) is 42.2 Å². The van der Waals surface area contributed by atoms with Gasteiger partial charge >= 0.3 is 0 Å². The molecule has 2 fully saturated rings. The molecule has 2 aromatic rings. The van der Waals surface area contributed by atoms with E-state index in [1.54, 1.807) is 36.4 Å². The molecule has 1 N–H and O–H groups in total. The molecular formula is C27H31FN2O5. The Labute approximate surface area is 205 Å². The number of halogens is 1. The molecule has 0 aromatic heterocycles. The van der Waals surface area contributed by atoms with Gasteiger partial charge < -0.3 is 24.3 Å². The Hall–Kier alpha value is -2.83. The summed E-state index contributed by atoms with van der Waals surface area (Å²) >= 11 is 0. The van der Waals surface area contributed by atoms with Crippen molar-refractivity contribution in [3.8, 4) is 6.07 Å². The maximum atomic E-state index is 14.2. The number of hydrogen-bond acceptors (Lipinski definition) is 6. The van der Waals surface area contributed by atoms with Crippen molar-refractivity contribution in [1.29, 1.82) is 5.26 Å². The fourth-order valence-corrected chi connectivity index (χ4v) is 4.81. The molecule has 4 rings (SSSR count). The molecule has 1 aliphatic carbocycles. The van der Waals surface area contributed by atoms with E-state index in [1.165, 1.54) is 6.07 Å². The van der Waals surface area contributed by atoms with Crippen LogP contribution in [0.1, 0.15) is 50.3 Å². The molecule has 35 heavy (non-hydrogen) atoms. The van der Waals surface area contributed by atoms with E-state index in [0.717, 1.165) is 0 Å². The van der Waals surface area contributed by atoms with Gasteiger partial charge in [0.1, 0.15) is 11.9 Å². The highest BCUT2D eigenvalue weighted by atomic mass is 19.1. The molecule has 1 heterocycles. The van der Waals surface area contributed by atoms with Crippen LogP contribution in [0.5, 0.6) is 0 Å². The van der Waals surface area contributed by atoms with Gasteiger partial charge in [-0.25, -0.2) is 4.39 Å². The maximum Gasteiger partial charge on any atom is 0.252 e. The predicted octanol–water partition coefficient (Wildman–Crippen LogP) is 3.99. The predicted molar refractivity (Wildman–Crippen MR) is 125 cm³/mol. The number of carbonyl (C=O) groups excluding carboxylic acids is 1. The van der Waals surface area contributed by atoms with Gasteiger partial charge in [-0.1, -0.05) is 36.4 Å². The Bertz CT molecular complexity index is 1100. The second-order valence-electron chi connectivity index (χ2n) is 9.40. The summed E-state index contributed by atoms with van der Waals surface area (Å²) < 4.78 is 39.1. The molecule has 0 spiro atoms. The molecule has 0 bridgehead atoms. The molecule has 8 heteroatoms. The van der Waals surface area contributed by atoms with Crippen molar-refractivity contribution in [1.82, 2.24) is 5.32 Å². The van der Waals surface area contributed by atoms with Gasteiger partial charge in [-0.15, -0.1) is 0 Å². The smallest absolute Gasteiger partial charge is 0.252 e. The molecule has 1 amide bonds. The molecule has 0 radical (unpaired) electrons.